The van der Waals surface area contributed by atoms with E-state index in [9.17, 15) is 8.42 Å². The van der Waals surface area contributed by atoms with Crippen LogP contribution < -0.4 is 5.73 Å². The van der Waals surface area contributed by atoms with Crippen LogP contribution in [0, 0.1) is 0 Å². The van der Waals surface area contributed by atoms with Crippen molar-refractivity contribution in [2.75, 3.05) is 6.54 Å². The van der Waals surface area contributed by atoms with Gasteiger partial charge in [0.2, 0.25) is 0 Å². The highest BCUT2D eigenvalue weighted by atomic mass is 32.2. The second kappa shape index (κ2) is 5.83. The van der Waals surface area contributed by atoms with E-state index in [0.717, 1.165) is 36.1 Å². The minimum atomic E-state index is -3.49. The molecule has 0 spiro atoms. The monoisotopic (exact) mass is 340 g/mol. The van der Waals surface area contributed by atoms with E-state index < -0.39 is 15.1 Å². The van der Waals surface area contributed by atoms with Crippen molar-refractivity contribution < 1.29 is 8.42 Å². The molecule has 0 bridgehead atoms. The van der Waals surface area contributed by atoms with Gasteiger partial charge in [0.05, 0.1) is 10.6 Å². The van der Waals surface area contributed by atoms with E-state index in [1.165, 1.54) is 5.56 Å². The molecule has 124 valence electrons. The molecule has 2 N–H and O–H groups in total. The molecule has 4 nitrogen and oxygen atoms in total. The Bertz CT molecular complexity index is 919. The lowest BCUT2D eigenvalue weighted by Crippen LogP contribution is -2.19. The first-order chi connectivity index (χ1) is 11.6. The molecule has 1 heterocycles. The first-order valence-electron chi connectivity index (χ1n) is 8.31. The smallest absolute Gasteiger partial charge is 0.190 e. The lowest BCUT2D eigenvalue weighted by Gasteiger charge is -2.25. The van der Waals surface area contributed by atoms with Crippen molar-refractivity contribution in [3.63, 3.8) is 0 Å². The minimum Gasteiger partial charge on any atom is -0.330 e. The fourth-order valence-electron chi connectivity index (χ4n) is 3.78. The molecular weight excluding hydrogens is 320 g/mol. The second-order valence-corrected chi connectivity index (χ2v) is 8.56. The molecule has 0 aromatic heterocycles. The molecule has 4 rings (SSSR count). The molecule has 2 aromatic carbocycles. The average Bonchev–Trinajstić information content (AvgIpc) is 3.05. The van der Waals surface area contributed by atoms with Gasteiger partial charge in [-0.2, -0.15) is 0 Å². The third kappa shape index (κ3) is 2.39. The summed E-state index contributed by atoms with van der Waals surface area (Å²) in [5.41, 5.74) is 9.70. The van der Waals surface area contributed by atoms with E-state index in [0.29, 0.717) is 17.4 Å². The van der Waals surface area contributed by atoms with Crippen LogP contribution in [-0.4, -0.2) is 21.2 Å². The van der Waals surface area contributed by atoms with Crippen LogP contribution in [-0.2, 0) is 16.3 Å². The lowest BCUT2D eigenvalue weighted by molar-refractivity contribution is 0.558. The summed E-state index contributed by atoms with van der Waals surface area (Å²) >= 11 is 0. The summed E-state index contributed by atoms with van der Waals surface area (Å²) in [6.45, 7) is 0.613. The zero-order chi connectivity index (χ0) is 16.7. The predicted molar refractivity (Wildman–Crippen MR) is 95.7 cm³/mol. The molecule has 0 saturated heterocycles. The van der Waals surface area contributed by atoms with Gasteiger partial charge >= 0.3 is 0 Å². The van der Waals surface area contributed by atoms with Gasteiger partial charge in [-0.05, 0) is 61.1 Å². The molecule has 5 heteroatoms. The van der Waals surface area contributed by atoms with Gasteiger partial charge in [0.1, 0.15) is 5.25 Å². The number of aliphatic imine (C=N–C) groups is 1. The summed E-state index contributed by atoms with van der Waals surface area (Å²) in [4.78, 5) is 4.65. The van der Waals surface area contributed by atoms with Gasteiger partial charge < -0.3 is 5.73 Å². The molecule has 0 radical (unpaired) electrons. The van der Waals surface area contributed by atoms with E-state index >= 15 is 0 Å². The number of fused-ring (bicyclic) bond motifs is 2. The van der Waals surface area contributed by atoms with E-state index in [-0.39, 0.29) is 0 Å². The van der Waals surface area contributed by atoms with Crippen molar-refractivity contribution in [2.45, 2.75) is 35.3 Å². The summed E-state index contributed by atoms with van der Waals surface area (Å²) < 4.78 is 26.2. The number of hydrogen-bond acceptors (Lipinski definition) is 4. The Hall–Kier alpha value is -1.98. The number of rotatable bonds is 3. The predicted octanol–water partition coefficient (Wildman–Crippen LogP) is 3.30. The van der Waals surface area contributed by atoms with Gasteiger partial charge in [-0.15, -0.1) is 0 Å². The first kappa shape index (κ1) is 15.5. The molecule has 2 aliphatic rings. The number of benzene rings is 2. The Morgan fingerprint density at radius 1 is 1.12 bits per heavy atom. The first-order valence-corrected chi connectivity index (χ1v) is 9.86. The lowest BCUT2D eigenvalue weighted by atomic mass is 9.83. The van der Waals surface area contributed by atoms with E-state index in [1.54, 1.807) is 12.3 Å². The molecule has 24 heavy (non-hydrogen) atoms. The van der Waals surface area contributed by atoms with Crippen LogP contribution in [0.15, 0.2) is 52.4 Å². The molecule has 1 aliphatic heterocycles. The van der Waals surface area contributed by atoms with Gasteiger partial charge in [0, 0.05) is 11.8 Å². The Balaban J connectivity index is 1.75. The van der Waals surface area contributed by atoms with Crippen LogP contribution in [0.5, 0.6) is 0 Å². The van der Waals surface area contributed by atoms with Gasteiger partial charge in [0.15, 0.2) is 9.84 Å². The van der Waals surface area contributed by atoms with E-state index in [4.69, 9.17) is 5.73 Å². The maximum Gasteiger partial charge on any atom is 0.190 e. The van der Waals surface area contributed by atoms with Crippen LogP contribution >= 0.6 is 0 Å². The second-order valence-electron chi connectivity index (χ2n) is 6.49. The van der Waals surface area contributed by atoms with E-state index in [2.05, 4.69) is 4.99 Å². The molecule has 1 aliphatic carbocycles. The average molecular weight is 340 g/mol. The number of hydrogen-bond donors (Lipinski definition) is 1. The number of nitrogens with zero attached hydrogens (tertiary/aromatic N) is 1. The summed E-state index contributed by atoms with van der Waals surface area (Å²) in [6, 6.07) is 13.0. The number of aryl methyl sites for hydroxylation is 1. The Kier molecular flexibility index (Phi) is 3.77. The highest BCUT2D eigenvalue weighted by Crippen LogP contribution is 2.39. The number of nitrogens with two attached hydrogens (primary N) is 1. The summed E-state index contributed by atoms with van der Waals surface area (Å²) in [7, 11) is -3.49. The van der Waals surface area contributed by atoms with Gasteiger partial charge in [-0.25, -0.2) is 8.42 Å². The highest BCUT2D eigenvalue weighted by molar-refractivity contribution is 7.92. The molecular formula is C19H20N2O2S. The van der Waals surface area contributed by atoms with Crippen LogP contribution in [0.4, 0.5) is 5.69 Å². The zero-order valence-corrected chi connectivity index (χ0v) is 14.2. The number of sulfone groups is 1. The van der Waals surface area contributed by atoms with Crippen LogP contribution in [0.2, 0.25) is 0 Å². The Morgan fingerprint density at radius 3 is 2.79 bits per heavy atom. The normalized spacial score (nSPS) is 22.2. The van der Waals surface area contributed by atoms with Crippen LogP contribution in [0.1, 0.15) is 40.7 Å². The molecule has 0 amide bonds. The third-order valence-corrected chi connectivity index (χ3v) is 7.05. The SMILES string of the molecule is NCC1CCCc2cc(S(=O)(=O)C3C=Nc4ccccc43)ccc21. The molecule has 2 unspecified atom stereocenters. The summed E-state index contributed by atoms with van der Waals surface area (Å²) in [5, 5.41) is -0.694. The van der Waals surface area contributed by atoms with Crippen molar-refractivity contribution in [1.29, 1.82) is 0 Å². The fourth-order valence-corrected chi connectivity index (χ4v) is 5.39. The quantitative estimate of drug-likeness (QED) is 0.932. The molecule has 2 atom stereocenters. The summed E-state index contributed by atoms with van der Waals surface area (Å²) in [6.07, 6.45) is 4.61. The van der Waals surface area contributed by atoms with Gasteiger partial charge in [-0.1, -0.05) is 24.3 Å². The van der Waals surface area contributed by atoms with Crippen molar-refractivity contribution in [3.8, 4) is 0 Å². The van der Waals surface area contributed by atoms with Crippen LogP contribution in [0.3, 0.4) is 0 Å². The highest BCUT2D eigenvalue weighted by Gasteiger charge is 2.33. The Morgan fingerprint density at radius 2 is 1.96 bits per heavy atom. The summed E-state index contributed by atoms with van der Waals surface area (Å²) in [5.74, 6) is 0.347. The standard InChI is InChI=1S/C19H20N2O2S/c20-11-14-5-3-4-13-10-15(8-9-16(13)14)24(22,23)19-12-21-18-7-2-1-6-17(18)19/h1-2,6-10,12,14,19H,3-5,11,20H2. The van der Waals surface area contributed by atoms with Crippen molar-refractivity contribution in [1.82, 2.24) is 0 Å². The minimum absolute atomic E-state index is 0.347. The van der Waals surface area contributed by atoms with Crippen molar-refractivity contribution in [3.05, 3.63) is 59.2 Å². The van der Waals surface area contributed by atoms with Crippen molar-refractivity contribution >= 4 is 21.7 Å². The van der Waals surface area contributed by atoms with Crippen molar-refractivity contribution in [2.24, 2.45) is 10.7 Å². The fraction of sp³-hybridized carbons (Fsp3) is 0.316. The molecule has 2 aromatic rings. The Labute approximate surface area is 142 Å². The van der Waals surface area contributed by atoms with Gasteiger partial charge in [-0.3, -0.25) is 4.99 Å². The maximum absolute atomic E-state index is 13.1. The molecule has 0 saturated carbocycles. The molecule has 0 fully saturated rings. The van der Waals surface area contributed by atoms with Gasteiger partial charge in [0.25, 0.3) is 0 Å². The maximum atomic E-state index is 13.1. The zero-order valence-electron chi connectivity index (χ0n) is 13.4. The van der Waals surface area contributed by atoms with E-state index in [1.807, 2.05) is 36.4 Å². The topological polar surface area (TPSA) is 72.5 Å². The van der Waals surface area contributed by atoms with Crippen LogP contribution in [0.25, 0.3) is 0 Å². The largest absolute Gasteiger partial charge is 0.330 e. The third-order valence-electron chi connectivity index (χ3n) is 5.09. The number of para-hydroxylation sites is 1.